The van der Waals surface area contributed by atoms with Crippen LogP contribution in [0.4, 0.5) is 0 Å². The highest BCUT2D eigenvalue weighted by Gasteiger charge is 1.78. The third-order valence-corrected chi connectivity index (χ3v) is 0.755. The zero-order valence-electron chi connectivity index (χ0n) is 3.89. The minimum atomic E-state index is 1.03. The molecule has 0 aromatic carbocycles. The molecule has 0 spiro atoms. The number of aromatic nitrogens is 2. The first kappa shape index (κ1) is 4.12. The molecular formula is C5H6N2. The lowest BCUT2D eigenvalue weighted by molar-refractivity contribution is 1.09. The number of nitrogens with zero attached hydrogens (tertiary/aromatic N) is 1. The molecule has 0 unspecified atom stereocenters. The van der Waals surface area contributed by atoms with Gasteiger partial charge >= 0.3 is 0 Å². The van der Waals surface area contributed by atoms with Crippen molar-refractivity contribution in [3.05, 3.63) is 24.5 Å². The molecule has 7 heavy (non-hydrogen) atoms. The zero-order chi connectivity index (χ0) is 5.11. The Bertz CT molecular complexity index is 141. The normalized spacial score (nSPS) is 8.57. The first-order valence-electron chi connectivity index (χ1n) is 2.04. The van der Waals surface area contributed by atoms with E-state index in [0.29, 0.717) is 0 Å². The third-order valence-electron chi connectivity index (χ3n) is 0.755. The Morgan fingerprint density at radius 1 is 1.86 bits per heavy atom. The SMILES string of the molecule is C=Cc1cn[nH]c1. The van der Waals surface area contributed by atoms with Gasteiger partial charge in [-0.05, 0) is 0 Å². The lowest BCUT2D eigenvalue weighted by Crippen LogP contribution is -1.53. The van der Waals surface area contributed by atoms with Crippen molar-refractivity contribution in [1.82, 2.24) is 10.2 Å². The number of nitrogens with one attached hydrogen (secondary N) is 1. The summed E-state index contributed by atoms with van der Waals surface area (Å²) in [7, 11) is 0. The summed E-state index contributed by atoms with van der Waals surface area (Å²) in [6.45, 7) is 3.54. The summed E-state index contributed by atoms with van der Waals surface area (Å²) in [5, 5.41) is 6.36. The van der Waals surface area contributed by atoms with Gasteiger partial charge in [0.1, 0.15) is 0 Å². The van der Waals surface area contributed by atoms with E-state index in [-0.39, 0.29) is 0 Å². The minimum absolute atomic E-state index is 1.03. The van der Waals surface area contributed by atoms with Gasteiger partial charge in [-0.3, -0.25) is 5.10 Å². The van der Waals surface area contributed by atoms with Crippen LogP contribution in [0.25, 0.3) is 6.08 Å². The monoisotopic (exact) mass is 94.1 g/mol. The molecule has 0 amide bonds. The smallest absolute Gasteiger partial charge is 0.0559 e. The molecule has 1 N–H and O–H groups in total. The van der Waals surface area contributed by atoms with Gasteiger partial charge in [-0.25, -0.2) is 0 Å². The first-order chi connectivity index (χ1) is 3.43. The summed E-state index contributed by atoms with van der Waals surface area (Å²) >= 11 is 0. The van der Waals surface area contributed by atoms with Crippen LogP contribution in [0, 0.1) is 0 Å². The van der Waals surface area contributed by atoms with E-state index in [1.807, 2.05) is 0 Å². The molecular weight excluding hydrogens is 88.1 g/mol. The lowest BCUT2D eigenvalue weighted by atomic mass is 10.4. The van der Waals surface area contributed by atoms with Crippen molar-refractivity contribution in [2.75, 3.05) is 0 Å². The summed E-state index contributed by atoms with van der Waals surface area (Å²) < 4.78 is 0. The third kappa shape index (κ3) is 0.682. The Labute approximate surface area is 41.9 Å². The second-order valence-corrected chi connectivity index (χ2v) is 1.24. The molecule has 0 aliphatic rings. The molecule has 0 saturated carbocycles. The van der Waals surface area contributed by atoms with Gasteiger partial charge in [0, 0.05) is 11.8 Å². The van der Waals surface area contributed by atoms with Gasteiger partial charge in [-0.2, -0.15) is 5.10 Å². The van der Waals surface area contributed by atoms with E-state index in [1.165, 1.54) is 0 Å². The van der Waals surface area contributed by atoms with Crippen LogP contribution in [0.5, 0.6) is 0 Å². The first-order valence-corrected chi connectivity index (χ1v) is 2.04. The highest BCUT2D eigenvalue weighted by molar-refractivity contribution is 5.42. The highest BCUT2D eigenvalue weighted by atomic mass is 15.1. The Morgan fingerprint density at radius 3 is 3.00 bits per heavy atom. The van der Waals surface area contributed by atoms with Crippen molar-refractivity contribution in [2.24, 2.45) is 0 Å². The number of aromatic amines is 1. The van der Waals surface area contributed by atoms with E-state index < -0.39 is 0 Å². The maximum absolute atomic E-state index is 3.70. The van der Waals surface area contributed by atoms with E-state index in [1.54, 1.807) is 18.5 Å². The summed E-state index contributed by atoms with van der Waals surface area (Å²) in [6, 6.07) is 0. The summed E-state index contributed by atoms with van der Waals surface area (Å²) in [5.74, 6) is 0. The summed E-state index contributed by atoms with van der Waals surface area (Å²) in [4.78, 5) is 0. The molecule has 1 rings (SSSR count). The molecule has 1 aromatic heterocycles. The molecule has 0 atom stereocenters. The van der Waals surface area contributed by atoms with Crippen LogP contribution in [0.3, 0.4) is 0 Å². The standard InChI is InChI=1S/C5H6N2/c1-2-5-3-6-7-4-5/h2-4H,1H2,(H,6,7). The van der Waals surface area contributed by atoms with Gasteiger partial charge in [0.15, 0.2) is 0 Å². The largest absolute Gasteiger partial charge is 0.285 e. The second kappa shape index (κ2) is 1.60. The molecule has 0 aliphatic carbocycles. The van der Waals surface area contributed by atoms with E-state index in [9.17, 15) is 0 Å². The van der Waals surface area contributed by atoms with Crippen LogP contribution < -0.4 is 0 Å². The van der Waals surface area contributed by atoms with Gasteiger partial charge in [-0.1, -0.05) is 12.7 Å². The fraction of sp³-hybridized carbons (Fsp3) is 0. The molecule has 1 heterocycles. The fourth-order valence-corrected chi connectivity index (χ4v) is 0.373. The molecule has 36 valence electrons. The second-order valence-electron chi connectivity index (χ2n) is 1.24. The van der Waals surface area contributed by atoms with E-state index in [2.05, 4.69) is 16.8 Å². The van der Waals surface area contributed by atoms with Gasteiger partial charge in [-0.15, -0.1) is 0 Å². The molecule has 0 bridgehead atoms. The van der Waals surface area contributed by atoms with Crippen molar-refractivity contribution in [3.8, 4) is 0 Å². The van der Waals surface area contributed by atoms with Crippen LogP contribution in [0.15, 0.2) is 19.0 Å². The van der Waals surface area contributed by atoms with Crippen LogP contribution in [0.2, 0.25) is 0 Å². The van der Waals surface area contributed by atoms with Crippen molar-refractivity contribution >= 4 is 6.08 Å². The van der Waals surface area contributed by atoms with Crippen molar-refractivity contribution < 1.29 is 0 Å². The predicted octanol–water partition coefficient (Wildman–Crippen LogP) is 1.05. The van der Waals surface area contributed by atoms with Crippen LogP contribution >= 0.6 is 0 Å². The molecule has 0 fully saturated rings. The van der Waals surface area contributed by atoms with Gasteiger partial charge in [0.2, 0.25) is 0 Å². The maximum Gasteiger partial charge on any atom is 0.0559 e. The Balaban J connectivity index is 2.96. The zero-order valence-corrected chi connectivity index (χ0v) is 3.89. The topological polar surface area (TPSA) is 28.7 Å². The van der Waals surface area contributed by atoms with Gasteiger partial charge < -0.3 is 0 Å². The minimum Gasteiger partial charge on any atom is -0.285 e. The summed E-state index contributed by atoms with van der Waals surface area (Å²) in [6.07, 6.45) is 5.24. The highest BCUT2D eigenvalue weighted by Crippen LogP contribution is 1.91. The lowest BCUT2D eigenvalue weighted by Gasteiger charge is -1.68. The Kier molecular flexibility index (Phi) is 0.941. The Hall–Kier alpha value is -1.05. The number of hydrogen-bond acceptors (Lipinski definition) is 1. The van der Waals surface area contributed by atoms with E-state index in [4.69, 9.17) is 0 Å². The van der Waals surface area contributed by atoms with Crippen LogP contribution in [0.1, 0.15) is 5.56 Å². The summed E-state index contributed by atoms with van der Waals surface area (Å²) in [5.41, 5.74) is 1.03. The van der Waals surface area contributed by atoms with Crippen LogP contribution in [-0.4, -0.2) is 10.2 Å². The molecule has 0 saturated heterocycles. The number of rotatable bonds is 1. The maximum atomic E-state index is 3.70. The molecule has 0 aliphatic heterocycles. The average molecular weight is 94.1 g/mol. The van der Waals surface area contributed by atoms with Crippen molar-refractivity contribution in [2.45, 2.75) is 0 Å². The predicted molar refractivity (Wildman–Crippen MR) is 28.7 cm³/mol. The molecule has 2 heteroatoms. The number of hydrogen-bond donors (Lipinski definition) is 1. The fourth-order valence-electron chi connectivity index (χ4n) is 0.373. The Morgan fingerprint density at radius 2 is 2.71 bits per heavy atom. The van der Waals surface area contributed by atoms with E-state index in [0.717, 1.165) is 5.56 Å². The average Bonchev–Trinajstić information content (AvgIpc) is 2.14. The van der Waals surface area contributed by atoms with Gasteiger partial charge in [0.25, 0.3) is 0 Å². The quantitative estimate of drug-likeness (QED) is 0.553. The number of H-pyrrole nitrogens is 1. The van der Waals surface area contributed by atoms with Gasteiger partial charge in [0.05, 0.1) is 6.20 Å². The molecule has 2 nitrogen and oxygen atoms in total. The van der Waals surface area contributed by atoms with Crippen LogP contribution in [-0.2, 0) is 0 Å². The molecule has 0 radical (unpaired) electrons. The molecule has 1 aromatic rings. The van der Waals surface area contributed by atoms with E-state index >= 15 is 0 Å². The van der Waals surface area contributed by atoms with Crippen molar-refractivity contribution in [1.29, 1.82) is 0 Å². The van der Waals surface area contributed by atoms with Crippen molar-refractivity contribution in [3.63, 3.8) is 0 Å².